The Hall–Kier alpha value is -2.96. The van der Waals surface area contributed by atoms with E-state index in [4.69, 9.17) is 4.98 Å². The van der Waals surface area contributed by atoms with Crippen molar-refractivity contribution in [2.45, 2.75) is 38.6 Å². The summed E-state index contributed by atoms with van der Waals surface area (Å²) in [5.41, 5.74) is 5.00. The average Bonchev–Trinajstić information content (AvgIpc) is 3.29. The van der Waals surface area contributed by atoms with Gasteiger partial charge >= 0.3 is 0 Å². The maximum atomic E-state index is 12.3. The first-order valence-electron chi connectivity index (χ1n) is 9.50. The van der Waals surface area contributed by atoms with Gasteiger partial charge in [-0.15, -0.1) is 0 Å². The summed E-state index contributed by atoms with van der Waals surface area (Å²) in [5.74, 6) is 0.707. The van der Waals surface area contributed by atoms with Crippen LogP contribution in [-0.2, 0) is 11.3 Å². The molecule has 2 aliphatic heterocycles. The highest BCUT2D eigenvalue weighted by molar-refractivity contribution is 5.78. The number of hydrogen-bond acceptors (Lipinski definition) is 5. The van der Waals surface area contributed by atoms with Gasteiger partial charge in [-0.3, -0.25) is 4.79 Å². The zero-order valence-corrected chi connectivity index (χ0v) is 15.4. The molecule has 1 N–H and O–H groups in total. The topological polar surface area (TPSA) is 75.4 Å². The molecular formula is C20H22N6O. The molecule has 2 aliphatic rings. The van der Waals surface area contributed by atoms with Crippen LogP contribution in [0.25, 0.3) is 5.65 Å². The zero-order chi connectivity index (χ0) is 18.4. The molecule has 0 aromatic carbocycles. The minimum absolute atomic E-state index is 0.0306. The van der Waals surface area contributed by atoms with Gasteiger partial charge in [0.2, 0.25) is 11.9 Å². The van der Waals surface area contributed by atoms with Crippen molar-refractivity contribution in [2.24, 2.45) is 0 Å². The Morgan fingerprint density at radius 1 is 1.15 bits per heavy atom. The van der Waals surface area contributed by atoms with Crippen LogP contribution >= 0.6 is 0 Å². The molecule has 138 valence electrons. The van der Waals surface area contributed by atoms with Crippen molar-refractivity contribution < 1.29 is 4.79 Å². The van der Waals surface area contributed by atoms with Crippen molar-refractivity contribution in [1.82, 2.24) is 24.7 Å². The maximum Gasteiger partial charge on any atom is 0.225 e. The van der Waals surface area contributed by atoms with Gasteiger partial charge in [0.25, 0.3) is 0 Å². The van der Waals surface area contributed by atoms with E-state index in [9.17, 15) is 4.79 Å². The molecule has 5 heterocycles. The van der Waals surface area contributed by atoms with Gasteiger partial charge < -0.3 is 14.6 Å². The molecule has 1 amide bonds. The summed E-state index contributed by atoms with van der Waals surface area (Å²) in [6, 6.07) is 4.08. The molecule has 0 saturated carbocycles. The Kier molecular flexibility index (Phi) is 3.81. The second-order valence-corrected chi connectivity index (χ2v) is 7.42. The lowest BCUT2D eigenvalue weighted by molar-refractivity contribution is -0.121. The molecule has 27 heavy (non-hydrogen) atoms. The first kappa shape index (κ1) is 16.2. The van der Waals surface area contributed by atoms with Crippen molar-refractivity contribution >= 4 is 17.5 Å². The van der Waals surface area contributed by atoms with Crippen LogP contribution in [0.2, 0.25) is 0 Å². The van der Waals surface area contributed by atoms with E-state index >= 15 is 0 Å². The van der Waals surface area contributed by atoms with Crippen LogP contribution in [0.4, 0.5) is 5.95 Å². The summed E-state index contributed by atoms with van der Waals surface area (Å²) in [6.45, 7) is 4.55. The van der Waals surface area contributed by atoms with E-state index in [1.807, 2.05) is 18.5 Å². The number of aryl methyl sites for hydroxylation is 1. The Bertz CT molecular complexity index is 1000. The zero-order valence-electron chi connectivity index (χ0n) is 15.4. The molecule has 0 spiro atoms. The highest BCUT2D eigenvalue weighted by Crippen LogP contribution is 2.33. The Morgan fingerprint density at radius 3 is 2.70 bits per heavy atom. The number of carbonyl (C=O) groups is 1. The number of fused-ring (bicyclic) bond motifs is 3. The lowest BCUT2D eigenvalue weighted by Crippen LogP contribution is -2.22. The Labute approximate surface area is 157 Å². The molecule has 1 atom stereocenters. The second kappa shape index (κ2) is 6.33. The summed E-state index contributed by atoms with van der Waals surface area (Å²) in [7, 11) is 0. The third-order valence-corrected chi connectivity index (χ3v) is 5.50. The number of carbonyl (C=O) groups excluding carboxylic acids is 1. The number of rotatable bonds is 2. The third kappa shape index (κ3) is 2.83. The predicted molar refractivity (Wildman–Crippen MR) is 102 cm³/mol. The van der Waals surface area contributed by atoms with E-state index in [2.05, 4.69) is 43.8 Å². The first-order chi connectivity index (χ1) is 13.2. The summed E-state index contributed by atoms with van der Waals surface area (Å²) >= 11 is 0. The van der Waals surface area contributed by atoms with Crippen LogP contribution < -0.4 is 10.2 Å². The normalized spacial score (nSPS) is 19.8. The van der Waals surface area contributed by atoms with Crippen molar-refractivity contribution in [3.8, 4) is 0 Å². The van der Waals surface area contributed by atoms with Crippen LogP contribution in [0, 0.1) is 6.92 Å². The van der Waals surface area contributed by atoms with Gasteiger partial charge in [0.05, 0.1) is 17.9 Å². The molecular weight excluding hydrogens is 340 g/mol. The molecule has 0 unspecified atom stereocenters. The second-order valence-electron chi connectivity index (χ2n) is 7.42. The van der Waals surface area contributed by atoms with Gasteiger partial charge in [0.1, 0.15) is 5.65 Å². The highest BCUT2D eigenvalue weighted by atomic mass is 16.1. The van der Waals surface area contributed by atoms with Crippen LogP contribution in [0.15, 0.2) is 30.7 Å². The van der Waals surface area contributed by atoms with E-state index in [1.165, 1.54) is 12.8 Å². The number of hydrogen-bond donors (Lipinski definition) is 1. The van der Waals surface area contributed by atoms with E-state index in [0.29, 0.717) is 13.0 Å². The minimum atomic E-state index is -0.105. The summed E-state index contributed by atoms with van der Waals surface area (Å²) < 4.78 is 2.12. The van der Waals surface area contributed by atoms with Gasteiger partial charge in [0.15, 0.2) is 0 Å². The summed E-state index contributed by atoms with van der Waals surface area (Å²) in [5, 5.41) is 2.97. The molecule has 5 rings (SSSR count). The summed E-state index contributed by atoms with van der Waals surface area (Å²) in [4.78, 5) is 28.5. The predicted octanol–water partition coefficient (Wildman–Crippen LogP) is 2.18. The van der Waals surface area contributed by atoms with Gasteiger partial charge in [-0.05, 0) is 37.0 Å². The minimum Gasteiger partial charge on any atom is -0.350 e. The fraction of sp³-hybridized carbons (Fsp3) is 0.400. The monoisotopic (exact) mass is 362 g/mol. The molecule has 3 aromatic heterocycles. The van der Waals surface area contributed by atoms with Crippen molar-refractivity contribution in [2.75, 3.05) is 18.0 Å². The van der Waals surface area contributed by atoms with E-state index in [-0.39, 0.29) is 11.8 Å². The molecule has 0 aliphatic carbocycles. The van der Waals surface area contributed by atoms with E-state index in [0.717, 1.165) is 47.2 Å². The van der Waals surface area contributed by atoms with Crippen LogP contribution in [0.3, 0.4) is 0 Å². The molecule has 3 aromatic rings. The fourth-order valence-electron chi connectivity index (χ4n) is 4.12. The lowest BCUT2D eigenvalue weighted by atomic mass is 9.94. The molecule has 0 bridgehead atoms. The number of amides is 1. The average molecular weight is 362 g/mol. The Morgan fingerprint density at radius 2 is 1.93 bits per heavy atom. The van der Waals surface area contributed by atoms with E-state index in [1.54, 1.807) is 0 Å². The maximum absolute atomic E-state index is 12.3. The van der Waals surface area contributed by atoms with E-state index < -0.39 is 0 Å². The molecule has 1 fully saturated rings. The van der Waals surface area contributed by atoms with Crippen LogP contribution in [0.1, 0.15) is 47.7 Å². The largest absolute Gasteiger partial charge is 0.350 e. The van der Waals surface area contributed by atoms with Crippen LogP contribution in [0.5, 0.6) is 0 Å². The van der Waals surface area contributed by atoms with Gasteiger partial charge in [-0.2, -0.15) is 0 Å². The van der Waals surface area contributed by atoms with Gasteiger partial charge in [-0.25, -0.2) is 15.0 Å². The molecule has 0 radical (unpaired) electrons. The number of aromatic nitrogens is 4. The van der Waals surface area contributed by atoms with Crippen molar-refractivity contribution in [3.63, 3.8) is 0 Å². The number of nitrogens with zero attached hydrogens (tertiary/aromatic N) is 5. The number of anilines is 1. The number of imidazole rings is 1. The Balaban J connectivity index is 1.59. The van der Waals surface area contributed by atoms with Crippen LogP contribution in [-0.4, -0.2) is 38.3 Å². The first-order valence-corrected chi connectivity index (χ1v) is 9.50. The quantitative estimate of drug-likeness (QED) is 0.756. The smallest absolute Gasteiger partial charge is 0.225 e. The van der Waals surface area contributed by atoms with Gasteiger partial charge in [0, 0.05) is 44.0 Å². The fourth-order valence-corrected chi connectivity index (χ4v) is 4.12. The SMILES string of the molecule is Cc1ccc2nc3c(n2c1)[C@@H](c1cnc(N2CCCC2)nc1)CC(=O)NC3. The number of nitrogens with one attached hydrogen (secondary N) is 1. The molecule has 1 saturated heterocycles. The molecule has 7 nitrogen and oxygen atoms in total. The lowest BCUT2D eigenvalue weighted by Gasteiger charge is -2.18. The van der Waals surface area contributed by atoms with Crippen molar-refractivity contribution in [1.29, 1.82) is 0 Å². The van der Waals surface area contributed by atoms with Gasteiger partial charge in [-0.1, -0.05) is 6.07 Å². The molecule has 7 heteroatoms. The standard InChI is InChI=1S/C20H22N6O/c1-13-4-5-17-24-16-11-21-18(27)8-15(19(16)26(17)12-13)14-9-22-20(23-10-14)25-6-2-3-7-25/h4-5,9-10,12,15H,2-3,6-8,11H2,1H3,(H,21,27)/t15-/m1/s1. The summed E-state index contributed by atoms with van der Waals surface area (Å²) in [6.07, 6.45) is 8.60. The number of pyridine rings is 1. The highest BCUT2D eigenvalue weighted by Gasteiger charge is 2.29. The third-order valence-electron chi connectivity index (χ3n) is 5.50. The van der Waals surface area contributed by atoms with Crippen molar-refractivity contribution in [3.05, 3.63) is 53.2 Å².